The van der Waals surface area contributed by atoms with Crippen LogP contribution in [0.25, 0.3) is 11.3 Å². The third-order valence-corrected chi connectivity index (χ3v) is 3.49. The van der Waals surface area contributed by atoms with E-state index in [1.165, 1.54) is 12.1 Å². The first-order valence-electron chi connectivity index (χ1n) is 7.72. The molecule has 0 aliphatic carbocycles. The number of benzene rings is 1. The minimum atomic E-state index is -0.494. The van der Waals surface area contributed by atoms with Crippen molar-refractivity contribution in [3.8, 4) is 17.0 Å². The van der Waals surface area contributed by atoms with Crippen molar-refractivity contribution >= 4 is 5.91 Å². The molecule has 3 rings (SSSR count). The van der Waals surface area contributed by atoms with Crippen molar-refractivity contribution in [3.05, 3.63) is 78.5 Å². The highest BCUT2D eigenvalue weighted by Crippen LogP contribution is 2.17. The van der Waals surface area contributed by atoms with E-state index in [1.54, 1.807) is 30.7 Å². The molecule has 1 N–H and O–H groups in total. The van der Waals surface area contributed by atoms with E-state index >= 15 is 0 Å². The summed E-state index contributed by atoms with van der Waals surface area (Å²) in [7, 11) is 0. The van der Waals surface area contributed by atoms with Crippen molar-refractivity contribution in [3.63, 3.8) is 0 Å². The second-order valence-electron chi connectivity index (χ2n) is 5.28. The number of amides is 1. The Hall–Kier alpha value is -3.28. The second-order valence-corrected chi connectivity index (χ2v) is 5.28. The maximum atomic E-state index is 13.4. The molecule has 0 spiro atoms. The Bertz CT molecular complexity index is 856. The molecule has 0 atom stereocenters. The lowest BCUT2D eigenvalue weighted by Gasteiger charge is -2.09. The Morgan fingerprint density at radius 3 is 2.68 bits per heavy atom. The van der Waals surface area contributed by atoms with Crippen molar-refractivity contribution in [1.82, 2.24) is 15.3 Å². The minimum Gasteiger partial charge on any atom is -0.481 e. The average Bonchev–Trinajstić information content (AvgIpc) is 2.67. The fourth-order valence-electron chi connectivity index (χ4n) is 2.22. The zero-order chi connectivity index (χ0) is 17.5. The highest BCUT2D eigenvalue weighted by atomic mass is 19.1. The molecule has 0 radical (unpaired) electrons. The van der Waals surface area contributed by atoms with E-state index in [0.29, 0.717) is 6.54 Å². The first-order valence-corrected chi connectivity index (χ1v) is 7.72. The molecular formula is C19H16FN3O2. The standard InChI is InChI=1S/C19H16FN3O2/c20-16-3-1-2-4-18(16)25-13-19(24)23-12-14-5-10-22-17(11-14)15-6-8-21-9-7-15/h1-11H,12-13H2,(H,23,24). The molecule has 0 unspecified atom stereocenters. The van der Waals surface area contributed by atoms with Crippen molar-refractivity contribution in [1.29, 1.82) is 0 Å². The smallest absolute Gasteiger partial charge is 0.258 e. The van der Waals surface area contributed by atoms with Gasteiger partial charge in [-0.3, -0.25) is 14.8 Å². The Morgan fingerprint density at radius 2 is 1.88 bits per heavy atom. The number of rotatable bonds is 6. The Balaban J connectivity index is 1.55. The maximum Gasteiger partial charge on any atom is 0.258 e. The van der Waals surface area contributed by atoms with Gasteiger partial charge in [0.15, 0.2) is 18.2 Å². The molecule has 0 fully saturated rings. The predicted octanol–water partition coefficient (Wildman–Crippen LogP) is 2.98. The number of aromatic nitrogens is 2. The number of para-hydroxylation sites is 1. The summed E-state index contributed by atoms with van der Waals surface area (Å²) in [6, 6.07) is 13.4. The molecule has 25 heavy (non-hydrogen) atoms. The van der Waals surface area contributed by atoms with Gasteiger partial charge in [-0.1, -0.05) is 12.1 Å². The molecular weight excluding hydrogens is 321 g/mol. The largest absolute Gasteiger partial charge is 0.481 e. The predicted molar refractivity (Wildman–Crippen MR) is 91.2 cm³/mol. The topological polar surface area (TPSA) is 64.1 Å². The summed E-state index contributed by atoms with van der Waals surface area (Å²) in [6.07, 6.45) is 5.09. The molecule has 2 heterocycles. The van der Waals surface area contributed by atoms with E-state index in [0.717, 1.165) is 16.8 Å². The third kappa shape index (κ3) is 4.60. The van der Waals surface area contributed by atoms with Crippen LogP contribution < -0.4 is 10.1 Å². The number of carbonyl (C=O) groups is 1. The zero-order valence-electron chi connectivity index (χ0n) is 13.4. The van der Waals surface area contributed by atoms with Gasteiger partial charge in [0.1, 0.15) is 0 Å². The Morgan fingerprint density at radius 1 is 1.08 bits per heavy atom. The summed E-state index contributed by atoms with van der Waals surface area (Å²) in [5, 5.41) is 2.74. The Labute approximate surface area is 144 Å². The molecule has 0 bridgehead atoms. The van der Waals surface area contributed by atoms with Gasteiger partial charge in [0.25, 0.3) is 5.91 Å². The van der Waals surface area contributed by atoms with Gasteiger partial charge in [-0.2, -0.15) is 0 Å². The van der Waals surface area contributed by atoms with Crippen LogP contribution in [0, 0.1) is 5.82 Å². The van der Waals surface area contributed by atoms with Gasteiger partial charge in [0, 0.05) is 30.7 Å². The van der Waals surface area contributed by atoms with Gasteiger partial charge in [-0.25, -0.2) is 4.39 Å². The van der Waals surface area contributed by atoms with Gasteiger partial charge in [0.05, 0.1) is 5.69 Å². The van der Waals surface area contributed by atoms with Crippen LogP contribution in [-0.4, -0.2) is 22.5 Å². The molecule has 0 aliphatic rings. The summed E-state index contributed by atoms with van der Waals surface area (Å²) in [5.74, 6) is -0.765. The highest BCUT2D eigenvalue weighted by molar-refractivity contribution is 5.77. The van der Waals surface area contributed by atoms with E-state index in [4.69, 9.17) is 4.74 Å². The van der Waals surface area contributed by atoms with E-state index < -0.39 is 5.82 Å². The highest BCUT2D eigenvalue weighted by Gasteiger charge is 2.07. The number of pyridine rings is 2. The van der Waals surface area contributed by atoms with E-state index in [9.17, 15) is 9.18 Å². The summed E-state index contributed by atoms with van der Waals surface area (Å²) in [4.78, 5) is 20.2. The summed E-state index contributed by atoms with van der Waals surface area (Å²) in [6.45, 7) is 0.0866. The first kappa shape index (κ1) is 16.6. The van der Waals surface area contributed by atoms with Crippen molar-refractivity contribution in [2.75, 3.05) is 6.61 Å². The van der Waals surface area contributed by atoms with Crippen molar-refractivity contribution < 1.29 is 13.9 Å². The van der Waals surface area contributed by atoms with Crippen LogP contribution in [0.3, 0.4) is 0 Å². The van der Waals surface area contributed by atoms with E-state index in [1.807, 2.05) is 24.3 Å². The second kappa shape index (κ2) is 8.01. The van der Waals surface area contributed by atoms with Gasteiger partial charge in [0.2, 0.25) is 0 Å². The fourth-order valence-corrected chi connectivity index (χ4v) is 2.22. The molecule has 1 amide bonds. The van der Waals surface area contributed by atoms with Gasteiger partial charge in [-0.05, 0) is 42.0 Å². The number of ether oxygens (including phenoxy) is 1. The SMILES string of the molecule is O=C(COc1ccccc1F)NCc1ccnc(-c2ccncc2)c1. The molecule has 1 aromatic carbocycles. The number of hydrogen-bond acceptors (Lipinski definition) is 4. The normalized spacial score (nSPS) is 10.3. The molecule has 2 aromatic heterocycles. The van der Waals surface area contributed by atoms with E-state index in [2.05, 4.69) is 15.3 Å². The number of halogens is 1. The molecule has 126 valence electrons. The minimum absolute atomic E-state index is 0.0570. The molecule has 0 saturated carbocycles. The van der Waals surface area contributed by atoms with Crippen LogP contribution in [0.15, 0.2) is 67.1 Å². The van der Waals surface area contributed by atoms with Crippen LogP contribution >= 0.6 is 0 Å². The van der Waals surface area contributed by atoms with Crippen LogP contribution in [0.5, 0.6) is 5.75 Å². The Kier molecular flexibility index (Phi) is 5.31. The van der Waals surface area contributed by atoms with E-state index in [-0.39, 0.29) is 18.3 Å². The quantitative estimate of drug-likeness (QED) is 0.751. The molecule has 5 nitrogen and oxygen atoms in total. The van der Waals surface area contributed by atoms with Gasteiger partial charge < -0.3 is 10.1 Å². The number of hydrogen-bond donors (Lipinski definition) is 1. The zero-order valence-corrected chi connectivity index (χ0v) is 13.4. The van der Waals surface area contributed by atoms with Crippen LogP contribution in [0.1, 0.15) is 5.56 Å². The lowest BCUT2D eigenvalue weighted by Crippen LogP contribution is -2.28. The van der Waals surface area contributed by atoms with Crippen molar-refractivity contribution in [2.45, 2.75) is 6.54 Å². The number of nitrogens with one attached hydrogen (secondary N) is 1. The first-order chi connectivity index (χ1) is 12.2. The number of nitrogens with zero attached hydrogens (tertiary/aromatic N) is 2. The van der Waals surface area contributed by atoms with Gasteiger partial charge in [-0.15, -0.1) is 0 Å². The summed E-state index contributed by atoms with van der Waals surface area (Å²) < 4.78 is 18.6. The van der Waals surface area contributed by atoms with Gasteiger partial charge >= 0.3 is 0 Å². The number of carbonyl (C=O) groups excluding carboxylic acids is 1. The molecule has 3 aromatic rings. The third-order valence-electron chi connectivity index (χ3n) is 3.49. The lowest BCUT2D eigenvalue weighted by molar-refractivity contribution is -0.123. The summed E-state index contributed by atoms with van der Waals surface area (Å²) >= 11 is 0. The monoisotopic (exact) mass is 337 g/mol. The molecule has 6 heteroatoms. The lowest BCUT2D eigenvalue weighted by atomic mass is 10.1. The molecule has 0 aliphatic heterocycles. The van der Waals surface area contributed by atoms with Crippen molar-refractivity contribution in [2.24, 2.45) is 0 Å². The molecule has 0 saturated heterocycles. The maximum absolute atomic E-state index is 13.4. The van der Waals surface area contributed by atoms with Crippen LogP contribution in [0.4, 0.5) is 4.39 Å². The average molecular weight is 337 g/mol. The van der Waals surface area contributed by atoms with Crippen LogP contribution in [-0.2, 0) is 11.3 Å². The van der Waals surface area contributed by atoms with Crippen LogP contribution in [0.2, 0.25) is 0 Å². The fraction of sp³-hybridized carbons (Fsp3) is 0.105. The summed E-state index contributed by atoms with van der Waals surface area (Å²) in [5.41, 5.74) is 2.66.